The highest BCUT2D eigenvalue weighted by atomic mass is 79.9. The van der Waals surface area contributed by atoms with Crippen LogP contribution in [0.4, 0.5) is 0 Å². The third kappa shape index (κ3) is 4.53. The van der Waals surface area contributed by atoms with Gasteiger partial charge in [0.25, 0.3) is 0 Å². The second-order valence-corrected chi connectivity index (χ2v) is 6.26. The van der Waals surface area contributed by atoms with Crippen molar-refractivity contribution in [1.29, 1.82) is 0 Å². The molecule has 0 atom stereocenters. The molecule has 22 heavy (non-hydrogen) atoms. The van der Waals surface area contributed by atoms with Crippen molar-refractivity contribution >= 4 is 28.1 Å². The van der Waals surface area contributed by atoms with Gasteiger partial charge in [-0.3, -0.25) is 4.79 Å². The Morgan fingerprint density at radius 2 is 1.91 bits per heavy atom. The van der Waals surface area contributed by atoms with Gasteiger partial charge >= 0.3 is 0 Å². The molecular formula is C18H19BrN2O. The Morgan fingerprint density at radius 3 is 2.59 bits per heavy atom. The quantitative estimate of drug-likeness (QED) is 0.649. The van der Waals surface area contributed by atoms with E-state index in [0.717, 1.165) is 26.7 Å². The minimum absolute atomic E-state index is 0.116. The van der Waals surface area contributed by atoms with Crippen LogP contribution in [0.15, 0.2) is 46.0 Å². The largest absolute Gasteiger partial charge is 0.273 e. The van der Waals surface area contributed by atoms with Crippen LogP contribution in [0.3, 0.4) is 0 Å². The minimum Gasteiger partial charge on any atom is -0.273 e. The van der Waals surface area contributed by atoms with E-state index < -0.39 is 0 Å². The molecule has 0 bridgehead atoms. The van der Waals surface area contributed by atoms with Gasteiger partial charge in [-0.1, -0.05) is 51.8 Å². The molecule has 114 valence electrons. The molecule has 0 saturated heterocycles. The van der Waals surface area contributed by atoms with Gasteiger partial charge in [-0.15, -0.1) is 0 Å². The highest BCUT2D eigenvalue weighted by molar-refractivity contribution is 9.10. The second kappa shape index (κ2) is 7.36. The highest BCUT2D eigenvalue weighted by Crippen LogP contribution is 2.16. The summed E-state index contributed by atoms with van der Waals surface area (Å²) in [6.07, 6.45) is 1.98. The predicted octanol–water partition coefficient (Wildman–Crippen LogP) is 4.07. The maximum atomic E-state index is 11.9. The molecule has 0 fully saturated rings. The van der Waals surface area contributed by atoms with E-state index in [9.17, 15) is 4.79 Å². The lowest BCUT2D eigenvalue weighted by atomic mass is 10.0. The minimum atomic E-state index is -0.116. The van der Waals surface area contributed by atoms with E-state index >= 15 is 0 Å². The number of aryl methyl sites for hydroxylation is 3. The maximum absolute atomic E-state index is 11.9. The molecule has 0 aromatic heterocycles. The van der Waals surface area contributed by atoms with Crippen LogP contribution in [0.25, 0.3) is 0 Å². The normalized spacial score (nSPS) is 10.9. The Hall–Kier alpha value is -1.94. The molecule has 0 aliphatic carbocycles. The van der Waals surface area contributed by atoms with Gasteiger partial charge in [-0.2, -0.15) is 5.10 Å². The molecule has 0 saturated carbocycles. The zero-order chi connectivity index (χ0) is 16.1. The maximum Gasteiger partial charge on any atom is 0.244 e. The van der Waals surface area contributed by atoms with Crippen LogP contribution in [0.1, 0.15) is 27.8 Å². The topological polar surface area (TPSA) is 41.5 Å². The molecule has 0 aliphatic heterocycles. The number of hydrogen-bond donors (Lipinski definition) is 1. The number of nitrogens with one attached hydrogen (secondary N) is 1. The van der Waals surface area contributed by atoms with E-state index in [1.165, 1.54) is 5.56 Å². The van der Waals surface area contributed by atoms with Crippen molar-refractivity contribution in [2.45, 2.75) is 27.2 Å². The third-order valence-electron chi connectivity index (χ3n) is 3.45. The first-order valence-electron chi connectivity index (χ1n) is 7.10. The molecule has 0 aliphatic rings. The van der Waals surface area contributed by atoms with E-state index in [-0.39, 0.29) is 5.91 Å². The monoisotopic (exact) mass is 358 g/mol. The fourth-order valence-electron chi connectivity index (χ4n) is 2.12. The van der Waals surface area contributed by atoms with Crippen molar-refractivity contribution in [1.82, 2.24) is 5.43 Å². The Kier molecular flexibility index (Phi) is 5.50. The number of hydrazone groups is 1. The van der Waals surface area contributed by atoms with E-state index in [2.05, 4.69) is 32.5 Å². The molecule has 0 heterocycles. The summed E-state index contributed by atoms with van der Waals surface area (Å²) in [6, 6.07) is 12.0. The summed E-state index contributed by atoms with van der Waals surface area (Å²) >= 11 is 3.48. The van der Waals surface area contributed by atoms with Crippen LogP contribution in [0, 0.1) is 20.8 Å². The van der Waals surface area contributed by atoms with Crippen molar-refractivity contribution in [3.05, 3.63) is 68.7 Å². The van der Waals surface area contributed by atoms with Gasteiger partial charge in [0.15, 0.2) is 0 Å². The summed E-state index contributed by atoms with van der Waals surface area (Å²) in [5.74, 6) is -0.116. The summed E-state index contributed by atoms with van der Waals surface area (Å²) in [6.45, 7) is 6.08. The summed E-state index contributed by atoms with van der Waals surface area (Å²) in [5, 5.41) is 4.01. The van der Waals surface area contributed by atoms with Gasteiger partial charge in [0.1, 0.15) is 0 Å². The molecule has 3 nitrogen and oxygen atoms in total. The average Bonchev–Trinajstić information content (AvgIpc) is 2.46. The van der Waals surface area contributed by atoms with Gasteiger partial charge in [-0.05, 0) is 49.1 Å². The standard InChI is InChI=1S/C18H19BrN2O/c1-12-4-7-16(14(3)8-12)10-18(22)21-20-11-15-6-5-13(2)17(19)9-15/h4-9,11H,10H2,1-3H3,(H,21,22)/b20-11+. The Bertz CT molecular complexity index is 723. The zero-order valence-electron chi connectivity index (χ0n) is 13.0. The van der Waals surface area contributed by atoms with Crippen LogP contribution in [0.5, 0.6) is 0 Å². The lowest BCUT2D eigenvalue weighted by Gasteiger charge is -2.05. The van der Waals surface area contributed by atoms with E-state index in [1.54, 1.807) is 6.21 Å². The van der Waals surface area contributed by atoms with Crippen molar-refractivity contribution < 1.29 is 4.79 Å². The number of amides is 1. The zero-order valence-corrected chi connectivity index (χ0v) is 14.6. The number of halogens is 1. The van der Waals surface area contributed by atoms with E-state index in [1.807, 2.05) is 51.1 Å². The smallest absolute Gasteiger partial charge is 0.244 e. The second-order valence-electron chi connectivity index (χ2n) is 5.41. The lowest BCUT2D eigenvalue weighted by molar-refractivity contribution is -0.120. The molecule has 0 spiro atoms. The number of carbonyl (C=O) groups is 1. The Morgan fingerprint density at radius 1 is 1.14 bits per heavy atom. The molecule has 2 aromatic carbocycles. The molecule has 2 rings (SSSR count). The van der Waals surface area contributed by atoms with Crippen LogP contribution in [-0.4, -0.2) is 12.1 Å². The molecule has 0 unspecified atom stereocenters. The summed E-state index contributed by atoms with van der Waals surface area (Å²) in [4.78, 5) is 11.9. The fourth-order valence-corrected chi connectivity index (χ4v) is 2.52. The Labute approximate surface area is 139 Å². The summed E-state index contributed by atoms with van der Waals surface area (Å²) < 4.78 is 1.03. The first-order valence-corrected chi connectivity index (χ1v) is 7.89. The van der Waals surface area contributed by atoms with Gasteiger partial charge in [0.2, 0.25) is 5.91 Å². The van der Waals surface area contributed by atoms with Crippen LogP contribution >= 0.6 is 15.9 Å². The lowest BCUT2D eigenvalue weighted by Crippen LogP contribution is -2.20. The van der Waals surface area contributed by atoms with Crippen LogP contribution in [0.2, 0.25) is 0 Å². The molecular weight excluding hydrogens is 340 g/mol. The third-order valence-corrected chi connectivity index (χ3v) is 4.30. The van der Waals surface area contributed by atoms with Crippen molar-refractivity contribution in [2.75, 3.05) is 0 Å². The van der Waals surface area contributed by atoms with Gasteiger partial charge < -0.3 is 0 Å². The van der Waals surface area contributed by atoms with Crippen LogP contribution in [-0.2, 0) is 11.2 Å². The molecule has 0 radical (unpaired) electrons. The molecule has 1 amide bonds. The molecule has 4 heteroatoms. The van der Waals surface area contributed by atoms with Gasteiger partial charge in [-0.25, -0.2) is 5.43 Å². The number of benzene rings is 2. The van der Waals surface area contributed by atoms with E-state index in [0.29, 0.717) is 6.42 Å². The average molecular weight is 359 g/mol. The van der Waals surface area contributed by atoms with Crippen molar-refractivity contribution in [3.63, 3.8) is 0 Å². The van der Waals surface area contributed by atoms with Crippen LogP contribution < -0.4 is 5.43 Å². The fraction of sp³-hybridized carbons (Fsp3) is 0.222. The summed E-state index contributed by atoms with van der Waals surface area (Å²) in [5.41, 5.74) is 8.02. The number of rotatable bonds is 4. The Balaban J connectivity index is 1.94. The first-order chi connectivity index (χ1) is 10.5. The predicted molar refractivity (Wildman–Crippen MR) is 94.2 cm³/mol. The summed E-state index contributed by atoms with van der Waals surface area (Å²) in [7, 11) is 0. The number of hydrogen-bond acceptors (Lipinski definition) is 2. The first kappa shape index (κ1) is 16.4. The molecule has 2 aromatic rings. The van der Waals surface area contributed by atoms with Crippen molar-refractivity contribution in [2.24, 2.45) is 5.10 Å². The van der Waals surface area contributed by atoms with Crippen molar-refractivity contribution in [3.8, 4) is 0 Å². The number of carbonyl (C=O) groups excluding carboxylic acids is 1. The highest BCUT2D eigenvalue weighted by Gasteiger charge is 2.05. The number of nitrogens with zero attached hydrogens (tertiary/aromatic N) is 1. The van der Waals surface area contributed by atoms with Gasteiger partial charge in [0, 0.05) is 4.47 Å². The SMILES string of the molecule is Cc1ccc(CC(=O)N/N=C/c2ccc(C)c(Br)c2)c(C)c1. The van der Waals surface area contributed by atoms with Gasteiger partial charge in [0.05, 0.1) is 12.6 Å². The van der Waals surface area contributed by atoms with E-state index in [4.69, 9.17) is 0 Å². The molecule has 1 N–H and O–H groups in total.